The zero-order chi connectivity index (χ0) is 16.1. The first-order chi connectivity index (χ1) is 10.9. The quantitative estimate of drug-likeness (QED) is 0.211. The molecule has 0 aliphatic carbocycles. The Morgan fingerprint density at radius 2 is 0.864 bits per heavy atom. The van der Waals surface area contributed by atoms with Crippen molar-refractivity contribution in [3.8, 4) is 0 Å². The van der Waals surface area contributed by atoms with Crippen molar-refractivity contribution in [2.45, 2.75) is 116 Å². The van der Waals surface area contributed by atoms with Gasteiger partial charge in [0.2, 0.25) is 0 Å². The van der Waals surface area contributed by atoms with Crippen molar-refractivity contribution in [1.82, 2.24) is 0 Å². The molecule has 132 valence electrons. The van der Waals surface area contributed by atoms with Gasteiger partial charge in [-0.05, 0) is 38.6 Å². The Morgan fingerprint density at radius 1 is 0.500 bits per heavy atom. The summed E-state index contributed by atoms with van der Waals surface area (Å²) in [6.07, 6.45) is 28.4. The maximum Gasteiger partial charge on any atom is -0.00773 e. The summed E-state index contributed by atoms with van der Waals surface area (Å²) in [6, 6.07) is 0. The first kappa shape index (κ1) is 21.7. The number of allylic oxidation sites excluding steroid dienone is 2. The predicted molar refractivity (Wildman–Crippen MR) is 102 cm³/mol. The maximum absolute atomic E-state index is 5.48. The molecule has 0 radical (unpaired) electrons. The number of hydrogen-bond donors (Lipinski definition) is 1. The normalized spacial score (nSPS) is 11.5. The molecule has 0 atom stereocenters. The third kappa shape index (κ3) is 19.7. The molecule has 0 bridgehead atoms. The van der Waals surface area contributed by atoms with Gasteiger partial charge in [0.1, 0.15) is 0 Å². The lowest BCUT2D eigenvalue weighted by Crippen LogP contribution is -1.97. The Morgan fingerprint density at radius 3 is 1.27 bits per heavy atom. The van der Waals surface area contributed by atoms with Crippen LogP contribution in [0.2, 0.25) is 0 Å². The van der Waals surface area contributed by atoms with Crippen LogP contribution >= 0.6 is 0 Å². The molecule has 0 aromatic heterocycles. The van der Waals surface area contributed by atoms with Crippen molar-refractivity contribution in [1.29, 1.82) is 0 Å². The minimum Gasteiger partial charge on any atom is -0.330 e. The van der Waals surface area contributed by atoms with E-state index in [1.807, 2.05) is 0 Å². The molecule has 0 heterocycles. The Kier molecular flexibility index (Phi) is 20.4. The first-order valence-corrected chi connectivity index (χ1v) is 10.3. The molecule has 0 aromatic carbocycles. The van der Waals surface area contributed by atoms with E-state index in [1.165, 1.54) is 109 Å². The summed E-state index contributed by atoms with van der Waals surface area (Å²) in [7, 11) is 0. The Balaban J connectivity index is 3.00. The molecule has 1 nitrogen and oxygen atoms in total. The lowest BCUT2D eigenvalue weighted by Gasteiger charge is -2.02. The van der Waals surface area contributed by atoms with Gasteiger partial charge in [-0.1, -0.05) is 96.1 Å². The monoisotopic (exact) mass is 309 g/mol. The van der Waals surface area contributed by atoms with Gasteiger partial charge in [0.25, 0.3) is 0 Å². The molecule has 0 fully saturated rings. The van der Waals surface area contributed by atoms with Gasteiger partial charge < -0.3 is 5.73 Å². The summed E-state index contributed by atoms with van der Waals surface area (Å²) in [5, 5.41) is 0. The molecule has 1 heteroatoms. The summed E-state index contributed by atoms with van der Waals surface area (Å²) in [6.45, 7) is 3.14. The van der Waals surface area contributed by atoms with Crippen molar-refractivity contribution in [2.75, 3.05) is 6.54 Å². The fourth-order valence-corrected chi connectivity index (χ4v) is 2.92. The fraction of sp³-hybridized carbons (Fsp3) is 0.905. The highest BCUT2D eigenvalue weighted by atomic mass is 14.5. The maximum atomic E-state index is 5.48. The van der Waals surface area contributed by atoms with Crippen LogP contribution in [0.4, 0.5) is 0 Å². The molecule has 0 amide bonds. The van der Waals surface area contributed by atoms with Crippen molar-refractivity contribution in [3.63, 3.8) is 0 Å². The van der Waals surface area contributed by atoms with E-state index in [0.717, 1.165) is 6.54 Å². The second-order valence-corrected chi connectivity index (χ2v) is 6.79. The Hall–Kier alpha value is -0.300. The van der Waals surface area contributed by atoms with Crippen LogP contribution < -0.4 is 5.73 Å². The minimum absolute atomic E-state index is 0.850. The van der Waals surface area contributed by atoms with Gasteiger partial charge in [0, 0.05) is 0 Å². The molecule has 2 N–H and O–H groups in total. The van der Waals surface area contributed by atoms with E-state index in [9.17, 15) is 0 Å². The van der Waals surface area contributed by atoms with E-state index < -0.39 is 0 Å². The van der Waals surface area contributed by atoms with Crippen LogP contribution in [-0.4, -0.2) is 6.54 Å². The Bertz CT molecular complexity index is 210. The molecule has 0 rings (SSSR count). The number of unbranched alkanes of at least 4 members (excludes halogenated alkanes) is 15. The highest BCUT2D eigenvalue weighted by molar-refractivity contribution is 4.81. The highest BCUT2D eigenvalue weighted by Crippen LogP contribution is 2.12. The van der Waals surface area contributed by atoms with Gasteiger partial charge in [-0.15, -0.1) is 0 Å². The van der Waals surface area contributed by atoms with E-state index >= 15 is 0 Å². The van der Waals surface area contributed by atoms with Gasteiger partial charge in [-0.2, -0.15) is 0 Å². The van der Waals surface area contributed by atoms with Crippen molar-refractivity contribution in [3.05, 3.63) is 12.2 Å². The minimum atomic E-state index is 0.850. The lowest BCUT2D eigenvalue weighted by molar-refractivity contribution is 0.545. The molecular weight excluding hydrogens is 266 g/mol. The van der Waals surface area contributed by atoms with Crippen LogP contribution in [0.1, 0.15) is 116 Å². The van der Waals surface area contributed by atoms with Gasteiger partial charge in [-0.3, -0.25) is 0 Å². The molecule has 0 saturated carbocycles. The van der Waals surface area contributed by atoms with Crippen LogP contribution in [0.25, 0.3) is 0 Å². The van der Waals surface area contributed by atoms with E-state index in [-0.39, 0.29) is 0 Å². The van der Waals surface area contributed by atoms with E-state index in [0.29, 0.717) is 0 Å². The Labute approximate surface area is 141 Å². The third-order valence-corrected chi connectivity index (χ3v) is 4.47. The average Bonchev–Trinajstić information content (AvgIpc) is 2.54. The van der Waals surface area contributed by atoms with Crippen LogP contribution in [0.5, 0.6) is 0 Å². The summed E-state index contributed by atoms with van der Waals surface area (Å²) < 4.78 is 0. The standard InChI is InChI=1S/C21H43N/c1-2-3-4-5-6-7-8-9-10-11-12-13-14-15-16-17-18-19-20-21-22/h15-16H,2-14,17-22H2,1H3/b16-15+. The molecule has 22 heavy (non-hydrogen) atoms. The topological polar surface area (TPSA) is 26.0 Å². The smallest absolute Gasteiger partial charge is 0.00773 e. The highest BCUT2D eigenvalue weighted by Gasteiger charge is 1.93. The van der Waals surface area contributed by atoms with Crippen LogP contribution in [0, 0.1) is 0 Å². The summed E-state index contributed by atoms with van der Waals surface area (Å²) in [5.74, 6) is 0. The fourth-order valence-electron chi connectivity index (χ4n) is 2.92. The van der Waals surface area contributed by atoms with E-state index in [4.69, 9.17) is 5.73 Å². The van der Waals surface area contributed by atoms with E-state index in [2.05, 4.69) is 19.1 Å². The van der Waals surface area contributed by atoms with Gasteiger partial charge in [0.15, 0.2) is 0 Å². The lowest BCUT2D eigenvalue weighted by atomic mass is 10.0. The number of hydrogen-bond acceptors (Lipinski definition) is 1. The SMILES string of the molecule is CCCCCCCCCCCCCC/C=C/CCCCCN. The zero-order valence-electron chi connectivity index (χ0n) is 15.5. The second-order valence-electron chi connectivity index (χ2n) is 6.79. The molecule has 0 aliphatic heterocycles. The van der Waals surface area contributed by atoms with Crippen LogP contribution in [0.3, 0.4) is 0 Å². The predicted octanol–water partition coefficient (Wildman–Crippen LogP) is 7.15. The van der Waals surface area contributed by atoms with Crippen LogP contribution in [0.15, 0.2) is 12.2 Å². The molecule has 0 unspecified atom stereocenters. The van der Waals surface area contributed by atoms with E-state index in [1.54, 1.807) is 0 Å². The van der Waals surface area contributed by atoms with Gasteiger partial charge in [0.05, 0.1) is 0 Å². The largest absolute Gasteiger partial charge is 0.330 e. The third-order valence-electron chi connectivity index (χ3n) is 4.47. The van der Waals surface area contributed by atoms with Gasteiger partial charge in [-0.25, -0.2) is 0 Å². The molecule has 0 spiro atoms. The molecule has 0 saturated heterocycles. The molecule has 0 aromatic rings. The summed E-state index contributed by atoms with van der Waals surface area (Å²) in [5.41, 5.74) is 5.48. The zero-order valence-corrected chi connectivity index (χ0v) is 15.5. The molecular formula is C21H43N. The number of rotatable bonds is 18. The number of nitrogens with two attached hydrogens (primary N) is 1. The van der Waals surface area contributed by atoms with Crippen LogP contribution in [-0.2, 0) is 0 Å². The first-order valence-electron chi connectivity index (χ1n) is 10.3. The summed E-state index contributed by atoms with van der Waals surface area (Å²) >= 11 is 0. The molecule has 0 aliphatic rings. The van der Waals surface area contributed by atoms with Crippen molar-refractivity contribution < 1.29 is 0 Å². The summed E-state index contributed by atoms with van der Waals surface area (Å²) in [4.78, 5) is 0. The van der Waals surface area contributed by atoms with Crippen molar-refractivity contribution >= 4 is 0 Å². The van der Waals surface area contributed by atoms with Crippen molar-refractivity contribution in [2.24, 2.45) is 5.73 Å². The second kappa shape index (κ2) is 20.7. The van der Waals surface area contributed by atoms with Gasteiger partial charge >= 0.3 is 0 Å². The average molecular weight is 310 g/mol.